The zero-order valence-corrected chi connectivity index (χ0v) is 9.23. The molecule has 1 heterocycles. The van der Waals surface area contributed by atoms with Crippen LogP contribution in [-0.4, -0.2) is 30.0 Å². The van der Waals surface area contributed by atoms with Crippen molar-refractivity contribution in [3.8, 4) is 6.07 Å². The van der Waals surface area contributed by atoms with Crippen LogP contribution in [0.5, 0.6) is 0 Å². The van der Waals surface area contributed by atoms with E-state index in [1.54, 1.807) is 6.07 Å². The van der Waals surface area contributed by atoms with E-state index in [0.29, 0.717) is 31.1 Å². The second-order valence-corrected chi connectivity index (χ2v) is 3.34. The molecule has 5 nitrogen and oxygen atoms in total. The first kappa shape index (κ1) is 12.1. The average Bonchev–Trinajstić information content (AvgIpc) is 2.29. The Morgan fingerprint density at radius 2 is 2.50 bits per heavy atom. The van der Waals surface area contributed by atoms with Gasteiger partial charge in [-0.2, -0.15) is 10.4 Å². The number of anilines is 1. The average molecular weight is 218 g/mol. The lowest BCUT2D eigenvalue weighted by molar-refractivity contribution is 0.167. The van der Waals surface area contributed by atoms with E-state index in [4.69, 9.17) is 10.00 Å². The molecule has 0 saturated heterocycles. The third-order valence-corrected chi connectivity index (χ3v) is 1.73. The van der Waals surface area contributed by atoms with Gasteiger partial charge in [-0.15, -0.1) is 5.10 Å². The van der Waals surface area contributed by atoms with Crippen LogP contribution in [0.4, 0.5) is 5.82 Å². The molecule has 1 aromatic rings. The van der Waals surface area contributed by atoms with E-state index in [1.165, 1.54) is 6.20 Å². The van der Waals surface area contributed by atoms with Crippen LogP contribution in [-0.2, 0) is 4.74 Å². The van der Waals surface area contributed by atoms with Gasteiger partial charge in [0, 0.05) is 6.54 Å². The van der Waals surface area contributed by atoms with Crippen molar-refractivity contribution in [1.29, 1.82) is 5.26 Å². The fourth-order valence-corrected chi connectivity index (χ4v) is 1.04. The smallest absolute Gasteiger partial charge is 0.166 e. The highest BCUT2D eigenvalue weighted by Crippen LogP contribution is 2.07. The van der Waals surface area contributed by atoms with Crippen LogP contribution in [0.25, 0.3) is 0 Å². The highest BCUT2D eigenvalue weighted by molar-refractivity contribution is 5.49. The number of hydrogen-bond donors (Lipinski definition) is 1. The SMILES string of the molecule is C=C(C)COCCNc1nnccc1C#N. The molecule has 0 fully saturated rings. The number of aromatic nitrogens is 2. The normalized spacial score (nSPS) is 9.50. The maximum Gasteiger partial charge on any atom is 0.166 e. The second kappa shape index (κ2) is 6.53. The minimum atomic E-state index is 0.481. The largest absolute Gasteiger partial charge is 0.375 e. The van der Waals surface area contributed by atoms with Crippen molar-refractivity contribution in [3.63, 3.8) is 0 Å². The maximum atomic E-state index is 8.79. The number of rotatable bonds is 6. The van der Waals surface area contributed by atoms with Gasteiger partial charge in [0.25, 0.3) is 0 Å². The first-order valence-corrected chi connectivity index (χ1v) is 4.92. The Morgan fingerprint density at radius 3 is 3.19 bits per heavy atom. The van der Waals surface area contributed by atoms with Gasteiger partial charge in [0.05, 0.1) is 25.0 Å². The molecule has 0 aliphatic rings. The molecule has 1 N–H and O–H groups in total. The molecule has 0 saturated carbocycles. The Bertz CT molecular complexity index is 397. The summed E-state index contributed by atoms with van der Waals surface area (Å²) in [6.07, 6.45) is 1.49. The van der Waals surface area contributed by atoms with Crippen molar-refractivity contribution >= 4 is 5.82 Å². The van der Waals surface area contributed by atoms with Gasteiger partial charge < -0.3 is 10.1 Å². The van der Waals surface area contributed by atoms with Crippen LogP contribution in [0.1, 0.15) is 12.5 Å². The monoisotopic (exact) mass is 218 g/mol. The van der Waals surface area contributed by atoms with Gasteiger partial charge in [0.15, 0.2) is 5.82 Å². The van der Waals surface area contributed by atoms with Crippen molar-refractivity contribution in [1.82, 2.24) is 10.2 Å². The number of hydrogen-bond acceptors (Lipinski definition) is 5. The van der Waals surface area contributed by atoms with Crippen molar-refractivity contribution in [2.75, 3.05) is 25.1 Å². The van der Waals surface area contributed by atoms with Gasteiger partial charge in [0.1, 0.15) is 6.07 Å². The summed E-state index contributed by atoms with van der Waals surface area (Å²) in [5, 5.41) is 19.3. The van der Waals surface area contributed by atoms with E-state index >= 15 is 0 Å². The summed E-state index contributed by atoms with van der Waals surface area (Å²) in [5.41, 5.74) is 1.46. The molecule has 0 amide bonds. The molecule has 0 aliphatic carbocycles. The number of ether oxygens (including phenoxy) is 1. The Balaban J connectivity index is 2.32. The number of nitriles is 1. The molecule has 0 radical (unpaired) electrons. The zero-order chi connectivity index (χ0) is 11.8. The Morgan fingerprint density at radius 1 is 1.69 bits per heavy atom. The molecule has 84 valence electrons. The fraction of sp³-hybridized carbons (Fsp3) is 0.364. The van der Waals surface area contributed by atoms with Gasteiger partial charge in [-0.3, -0.25) is 0 Å². The van der Waals surface area contributed by atoms with Crippen LogP contribution in [0.15, 0.2) is 24.4 Å². The van der Waals surface area contributed by atoms with Crippen molar-refractivity contribution in [2.45, 2.75) is 6.92 Å². The number of nitrogens with one attached hydrogen (secondary N) is 1. The van der Waals surface area contributed by atoms with E-state index in [2.05, 4.69) is 22.1 Å². The molecular weight excluding hydrogens is 204 g/mol. The molecule has 0 aromatic carbocycles. The van der Waals surface area contributed by atoms with Crippen LogP contribution >= 0.6 is 0 Å². The van der Waals surface area contributed by atoms with Gasteiger partial charge >= 0.3 is 0 Å². The molecule has 0 aliphatic heterocycles. The first-order chi connectivity index (χ1) is 7.74. The third-order valence-electron chi connectivity index (χ3n) is 1.73. The molecular formula is C11H14N4O. The fourth-order valence-electron chi connectivity index (χ4n) is 1.04. The summed E-state index contributed by atoms with van der Waals surface area (Å²) in [7, 11) is 0. The minimum absolute atomic E-state index is 0.481. The molecule has 0 atom stereocenters. The topological polar surface area (TPSA) is 70.8 Å². The van der Waals surface area contributed by atoms with Gasteiger partial charge in [-0.1, -0.05) is 12.2 Å². The Labute approximate surface area is 94.8 Å². The van der Waals surface area contributed by atoms with E-state index in [0.717, 1.165) is 5.57 Å². The molecule has 5 heteroatoms. The molecule has 1 aromatic heterocycles. The van der Waals surface area contributed by atoms with Gasteiger partial charge in [-0.05, 0) is 13.0 Å². The van der Waals surface area contributed by atoms with Crippen molar-refractivity contribution in [3.05, 3.63) is 30.0 Å². The summed E-state index contributed by atoms with van der Waals surface area (Å²) < 4.78 is 5.30. The second-order valence-electron chi connectivity index (χ2n) is 3.34. The summed E-state index contributed by atoms with van der Waals surface area (Å²) >= 11 is 0. The van der Waals surface area contributed by atoms with E-state index in [9.17, 15) is 0 Å². The van der Waals surface area contributed by atoms with Crippen LogP contribution < -0.4 is 5.32 Å². The first-order valence-electron chi connectivity index (χ1n) is 4.92. The molecule has 0 spiro atoms. The highest BCUT2D eigenvalue weighted by atomic mass is 16.5. The Kier molecular flexibility index (Phi) is 4.96. The van der Waals surface area contributed by atoms with Crippen LogP contribution in [0.3, 0.4) is 0 Å². The number of nitrogens with zero attached hydrogens (tertiary/aromatic N) is 3. The third kappa shape index (κ3) is 4.07. The van der Waals surface area contributed by atoms with Crippen LogP contribution in [0, 0.1) is 11.3 Å². The molecule has 1 rings (SSSR count). The lowest BCUT2D eigenvalue weighted by atomic mass is 10.3. The van der Waals surface area contributed by atoms with Crippen molar-refractivity contribution < 1.29 is 4.74 Å². The zero-order valence-electron chi connectivity index (χ0n) is 9.23. The molecule has 16 heavy (non-hydrogen) atoms. The van der Waals surface area contributed by atoms with Crippen LogP contribution in [0.2, 0.25) is 0 Å². The van der Waals surface area contributed by atoms with E-state index in [-0.39, 0.29) is 0 Å². The summed E-state index contributed by atoms with van der Waals surface area (Å²) in [5.74, 6) is 0.490. The predicted molar refractivity (Wildman–Crippen MR) is 60.9 cm³/mol. The highest BCUT2D eigenvalue weighted by Gasteiger charge is 2.01. The van der Waals surface area contributed by atoms with E-state index < -0.39 is 0 Å². The summed E-state index contributed by atoms with van der Waals surface area (Å²) in [4.78, 5) is 0. The summed E-state index contributed by atoms with van der Waals surface area (Å²) in [6, 6.07) is 3.65. The standard InChI is InChI=1S/C11H14N4O/c1-9(2)8-16-6-5-13-11-10(7-12)3-4-14-15-11/h3-4H,1,5-6,8H2,2H3,(H,13,15). The summed E-state index contributed by atoms with van der Waals surface area (Å²) in [6.45, 7) is 7.30. The Hall–Kier alpha value is -1.93. The lowest BCUT2D eigenvalue weighted by Crippen LogP contribution is -2.12. The van der Waals surface area contributed by atoms with Gasteiger partial charge in [0.2, 0.25) is 0 Å². The molecule has 0 unspecified atom stereocenters. The van der Waals surface area contributed by atoms with Gasteiger partial charge in [-0.25, -0.2) is 0 Å². The van der Waals surface area contributed by atoms with E-state index in [1.807, 2.05) is 13.0 Å². The predicted octanol–water partition coefficient (Wildman–Crippen LogP) is 1.35. The minimum Gasteiger partial charge on any atom is -0.375 e. The lowest BCUT2D eigenvalue weighted by Gasteiger charge is -2.06. The maximum absolute atomic E-state index is 8.79. The molecule has 0 bridgehead atoms. The quantitative estimate of drug-likeness (QED) is 0.576. The van der Waals surface area contributed by atoms with Crippen molar-refractivity contribution in [2.24, 2.45) is 0 Å².